The van der Waals surface area contributed by atoms with E-state index in [0.29, 0.717) is 4.77 Å². The molecule has 1 rings (SSSR count). The van der Waals surface area contributed by atoms with Crippen LogP contribution in [-0.4, -0.2) is 14.8 Å². The Hall–Kier alpha value is -0.840. The quantitative estimate of drug-likeness (QED) is 0.585. The first-order valence-corrected chi connectivity index (χ1v) is 5.46. The molecule has 0 saturated heterocycles. The van der Waals surface area contributed by atoms with Gasteiger partial charge in [0.25, 0.3) is 0 Å². The average Bonchev–Trinajstić information content (AvgIpc) is 2.46. The van der Waals surface area contributed by atoms with Crippen molar-refractivity contribution >= 4 is 12.2 Å². The number of aromatic amines is 2. The van der Waals surface area contributed by atoms with Crippen LogP contribution in [0.15, 0.2) is 4.79 Å². The minimum atomic E-state index is -0.140. The molecule has 5 heteroatoms. The highest BCUT2D eigenvalue weighted by Crippen LogP contribution is 2.12. The topological polar surface area (TPSA) is 53.6 Å². The van der Waals surface area contributed by atoms with Gasteiger partial charge in [-0.25, -0.2) is 9.89 Å². The third kappa shape index (κ3) is 2.57. The van der Waals surface area contributed by atoms with Crippen molar-refractivity contribution in [2.75, 3.05) is 0 Å². The molecule has 0 aromatic carbocycles. The molecule has 80 valence electrons. The summed E-state index contributed by atoms with van der Waals surface area (Å²) in [5, 5.41) is 5.13. The Bertz CT molecular complexity index is 348. The van der Waals surface area contributed by atoms with Crippen molar-refractivity contribution < 1.29 is 0 Å². The highest BCUT2D eigenvalue weighted by molar-refractivity contribution is 7.71. The Balaban J connectivity index is 2.65. The molecule has 14 heavy (non-hydrogen) atoms. The molecule has 0 aliphatic rings. The summed E-state index contributed by atoms with van der Waals surface area (Å²) >= 11 is 5.00. The first-order chi connectivity index (χ1) is 6.66. The van der Waals surface area contributed by atoms with Gasteiger partial charge in [0.05, 0.1) is 0 Å². The molecule has 2 N–H and O–H groups in total. The van der Waals surface area contributed by atoms with Crippen molar-refractivity contribution in [3.8, 4) is 0 Å². The predicted octanol–water partition coefficient (Wildman–Crippen LogP) is 2.38. The first kappa shape index (κ1) is 11.2. The van der Waals surface area contributed by atoms with Crippen LogP contribution in [0.4, 0.5) is 0 Å². The number of nitrogens with zero attached hydrogens (tertiary/aromatic N) is 1. The van der Waals surface area contributed by atoms with Gasteiger partial charge < -0.3 is 0 Å². The number of aromatic nitrogens is 3. The van der Waals surface area contributed by atoms with E-state index >= 15 is 0 Å². The van der Waals surface area contributed by atoms with E-state index in [-0.39, 0.29) is 11.7 Å². The second-order valence-corrected chi connectivity index (χ2v) is 3.96. The smallest absolute Gasteiger partial charge is 0.272 e. The Morgan fingerprint density at radius 2 is 2.14 bits per heavy atom. The Morgan fingerprint density at radius 1 is 1.43 bits per heavy atom. The highest BCUT2D eigenvalue weighted by Gasteiger charge is 2.08. The number of hydrogen-bond donors (Lipinski definition) is 2. The third-order valence-electron chi connectivity index (χ3n) is 2.38. The van der Waals surface area contributed by atoms with Crippen LogP contribution in [0.25, 0.3) is 0 Å². The second-order valence-electron chi connectivity index (χ2n) is 3.58. The Morgan fingerprint density at radius 3 is 2.64 bits per heavy atom. The SMILES string of the molecule is CCCCCC(C)n1c(=O)[nH][nH]c1=S. The van der Waals surface area contributed by atoms with Crippen molar-refractivity contribution in [2.45, 2.75) is 45.6 Å². The minimum Gasteiger partial charge on any atom is -0.272 e. The van der Waals surface area contributed by atoms with Gasteiger partial charge in [-0.3, -0.25) is 9.67 Å². The lowest BCUT2D eigenvalue weighted by Gasteiger charge is -2.10. The molecule has 1 heterocycles. The lowest BCUT2D eigenvalue weighted by Crippen LogP contribution is -2.20. The number of H-pyrrole nitrogens is 2. The monoisotopic (exact) mass is 215 g/mol. The Labute approximate surface area is 88.3 Å². The molecule has 4 nitrogen and oxygen atoms in total. The van der Waals surface area contributed by atoms with Crippen LogP contribution in [-0.2, 0) is 0 Å². The number of nitrogens with one attached hydrogen (secondary N) is 2. The van der Waals surface area contributed by atoms with Crippen LogP contribution in [0.3, 0.4) is 0 Å². The van der Waals surface area contributed by atoms with Crippen molar-refractivity contribution in [2.24, 2.45) is 0 Å². The van der Waals surface area contributed by atoms with Crippen molar-refractivity contribution in [1.82, 2.24) is 14.8 Å². The molecular formula is C9H17N3OS. The van der Waals surface area contributed by atoms with E-state index in [0.717, 1.165) is 12.8 Å². The summed E-state index contributed by atoms with van der Waals surface area (Å²) in [6.07, 6.45) is 4.55. The van der Waals surface area contributed by atoms with Gasteiger partial charge in [0.1, 0.15) is 0 Å². The van der Waals surface area contributed by atoms with E-state index in [1.165, 1.54) is 12.8 Å². The maximum atomic E-state index is 11.3. The molecule has 0 radical (unpaired) electrons. The van der Waals surface area contributed by atoms with Gasteiger partial charge in [0.15, 0.2) is 4.77 Å². The molecule has 0 spiro atoms. The van der Waals surface area contributed by atoms with Gasteiger partial charge in [0.2, 0.25) is 0 Å². The van der Waals surface area contributed by atoms with Crippen LogP contribution in [0.2, 0.25) is 0 Å². The van der Waals surface area contributed by atoms with Crippen LogP contribution >= 0.6 is 12.2 Å². The van der Waals surface area contributed by atoms with Gasteiger partial charge >= 0.3 is 5.69 Å². The second kappa shape index (κ2) is 5.14. The van der Waals surface area contributed by atoms with E-state index in [1.54, 1.807) is 4.57 Å². The van der Waals surface area contributed by atoms with Crippen LogP contribution in [0, 0.1) is 4.77 Å². The fourth-order valence-electron chi connectivity index (χ4n) is 1.54. The zero-order valence-electron chi connectivity index (χ0n) is 8.67. The molecular weight excluding hydrogens is 198 g/mol. The van der Waals surface area contributed by atoms with Crippen molar-refractivity contribution in [3.63, 3.8) is 0 Å². The summed E-state index contributed by atoms with van der Waals surface area (Å²) in [6, 6.07) is 0.184. The van der Waals surface area contributed by atoms with Gasteiger partial charge in [-0.2, -0.15) is 0 Å². The van der Waals surface area contributed by atoms with Crippen LogP contribution in [0.1, 0.15) is 45.6 Å². The van der Waals surface area contributed by atoms with E-state index < -0.39 is 0 Å². The summed E-state index contributed by atoms with van der Waals surface area (Å²) in [4.78, 5) is 11.3. The largest absolute Gasteiger partial charge is 0.342 e. The van der Waals surface area contributed by atoms with E-state index in [9.17, 15) is 4.79 Å². The zero-order valence-corrected chi connectivity index (χ0v) is 9.49. The first-order valence-electron chi connectivity index (χ1n) is 5.06. The molecule has 0 aliphatic carbocycles. The van der Waals surface area contributed by atoms with Crippen molar-refractivity contribution in [1.29, 1.82) is 0 Å². The maximum Gasteiger partial charge on any atom is 0.342 e. The molecule has 0 aliphatic heterocycles. The molecule has 0 fully saturated rings. The fourth-order valence-corrected chi connectivity index (χ4v) is 1.85. The lowest BCUT2D eigenvalue weighted by atomic mass is 10.1. The van der Waals surface area contributed by atoms with Crippen LogP contribution in [0.5, 0.6) is 0 Å². The molecule has 1 aromatic heterocycles. The summed E-state index contributed by atoms with van der Waals surface area (Å²) < 4.78 is 2.09. The van der Waals surface area contributed by atoms with Gasteiger partial charge in [-0.15, -0.1) is 0 Å². The Kier molecular flexibility index (Phi) is 4.13. The maximum absolute atomic E-state index is 11.3. The van der Waals surface area contributed by atoms with Gasteiger partial charge in [-0.1, -0.05) is 26.2 Å². The molecule has 1 aromatic rings. The fraction of sp³-hybridized carbons (Fsp3) is 0.778. The molecule has 0 amide bonds. The summed E-state index contributed by atoms with van der Waals surface area (Å²) in [5.74, 6) is 0. The highest BCUT2D eigenvalue weighted by atomic mass is 32.1. The zero-order chi connectivity index (χ0) is 10.6. The lowest BCUT2D eigenvalue weighted by molar-refractivity contribution is 0.462. The molecule has 1 atom stereocenters. The molecule has 1 unspecified atom stereocenters. The minimum absolute atomic E-state index is 0.140. The standard InChI is InChI=1S/C9H17N3OS/c1-3-4-5-6-7(2)12-8(13)10-11-9(12)14/h7H,3-6H2,1-2H3,(H,10,13)(H,11,14). The molecule has 0 saturated carbocycles. The van der Waals surface area contributed by atoms with E-state index in [4.69, 9.17) is 12.2 Å². The van der Waals surface area contributed by atoms with E-state index in [2.05, 4.69) is 17.1 Å². The normalized spacial score (nSPS) is 13.0. The number of rotatable bonds is 5. The van der Waals surface area contributed by atoms with Crippen molar-refractivity contribution in [3.05, 3.63) is 15.3 Å². The summed E-state index contributed by atoms with van der Waals surface area (Å²) in [6.45, 7) is 4.19. The molecule has 0 bridgehead atoms. The van der Waals surface area contributed by atoms with E-state index in [1.807, 2.05) is 6.92 Å². The number of hydrogen-bond acceptors (Lipinski definition) is 2. The number of unbranched alkanes of at least 4 members (excludes halogenated alkanes) is 2. The predicted molar refractivity (Wildman–Crippen MR) is 59.1 cm³/mol. The van der Waals surface area contributed by atoms with Gasteiger partial charge in [-0.05, 0) is 25.6 Å². The summed E-state index contributed by atoms with van der Waals surface area (Å²) in [5.41, 5.74) is -0.140. The van der Waals surface area contributed by atoms with Gasteiger partial charge in [0, 0.05) is 6.04 Å². The summed E-state index contributed by atoms with van der Waals surface area (Å²) in [7, 11) is 0. The third-order valence-corrected chi connectivity index (χ3v) is 2.68. The average molecular weight is 215 g/mol. The van der Waals surface area contributed by atoms with Crippen LogP contribution < -0.4 is 5.69 Å².